The molecule has 73 heavy (non-hydrogen) atoms. The van der Waals surface area contributed by atoms with Crippen LogP contribution in [0.4, 0.5) is 18.9 Å². The van der Waals surface area contributed by atoms with Gasteiger partial charge < -0.3 is 30.6 Å². The van der Waals surface area contributed by atoms with Gasteiger partial charge in [0.2, 0.25) is 17.7 Å². The summed E-state index contributed by atoms with van der Waals surface area (Å²) in [5, 5.41) is 9.52. The third-order valence-corrected chi connectivity index (χ3v) is 15.0. The quantitative estimate of drug-likeness (QED) is 0.0832. The molecule has 0 radical (unpaired) electrons. The number of benzene rings is 4. The predicted molar refractivity (Wildman–Crippen MR) is 268 cm³/mol. The van der Waals surface area contributed by atoms with Crippen LogP contribution < -0.4 is 31.3 Å². The third-order valence-electron chi connectivity index (χ3n) is 15.0. The van der Waals surface area contributed by atoms with E-state index < -0.39 is 41.6 Å². The second-order valence-electron chi connectivity index (χ2n) is 20.0. The van der Waals surface area contributed by atoms with E-state index in [1.807, 2.05) is 12.3 Å². The number of hydrogen-bond donors (Lipinski definition) is 4. The van der Waals surface area contributed by atoms with Gasteiger partial charge in [0.1, 0.15) is 11.8 Å². The maximum atomic E-state index is 13.4. The number of hydrogen-bond acceptors (Lipinski definition) is 12. The Kier molecular flexibility index (Phi) is 14.4. The lowest BCUT2D eigenvalue weighted by Crippen LogP contribution is -2.59. The molecule has 384 valence electrons. The first kappa shape index (κ1) is 49.9. The number of rotatable bonds is 15. The average Bonchev–Trinajstić information content (AvgIpc) is 3.86. The number of anilines is 1. The Morgan fingerprint density at radius 3 is 1.96 bits per heavy atom. The van der Waals surface area contributed by atoms with Crippen molar-refractivity contribution in [2.75, 3.05) is 76.9 Å². The lowest BCUT2D eigenvalue weighted by Gasteiger charge is -2.36. The number of nitrogens with one attached hydrogen (secondary N) is 3. The van der Waals surface area contributed by atoms with Gasteiger partial charge in [-0.1, -0.05) is 42.5 Å². The molecule has 5 aliphatic heterocycles. The van der Waals surface area contributed by atoms with E-state index in [-0.39, 0.29) is 35.6 Å². The zero-order chi connectivity index (χ0) is 50.9. The van der Waals surface area contributed by atoms with Gasteiger partial charge in [0.05, 0.1) is 16.7 Å². The van der Waals surface area contributed by atoms with Gasteiger partial charge in [-0.15, -0.1) is 13.2 Å². The maximum Gasteiger partial charge on any atom is 0.573 e. The van der Waals surface area contributed by atoms with E-state index in [0.29, 0.717) is 45.4 Å². The summed E-state index contributed by atoms with van der Waals surface area (Å²) in [5.41, 5.74) is 13.3. The molecule has 0 spiro atoms. The second kappa shape index (κ2) is 21.1. The number of imide groups is 2. The maximum absolute atomic E-state index is 13.4. The number of amides is 5. The minimum absolute atomic E-state index is 0.0778. The van der Waals surface area contributed by atoms with Crippen molar-refractivity contribution in [1.29, 1.82) is 0 Å². The number of halogens is 3. The summed E-state index contributed by atoms with van der Waals surface area (Å²) in [7, 11) is 0. The Morgan fingerprint density at radius 2 is 1.33 bits per heavy atom. The molecular formula is C54H61F3N10O6. The fraction of sp³-hybridized carbons (Fsp3) is 0.426. The number of piperazine rings is 2. The van der Waals surface area contributed by atoms with Crippen molar-refractivity contribution in [2.24, 2.45) is 5.73 Å². The topological polar surface area (TPSA) is 178 Å². The summed E-state index contributed by atoms with van der Waals surface area (Å²) in [6.07, 6.45) is -0.689. The molecule has 19 heteroatoms. The molecule has 5 amide bonds. The van der Waals surface area contributed by atoms with Crippen molar-refractivity contribution in [3.63, 3.8) is 0 Å². The van der Waals surface area contributed by atoms with Crippen molar-refractivity contribution < 1.29 is 41.9 Å². The molecule has 1 atom stereocenters. The molecule has 5 aromatic rings. The van der Waals surface area contributed by atoms with Crippen LogP contribution in [0.15, 0.2) is 91.1 Å². The molecule has 4 aromatic carbocycles. The van der Waals surface area contributed by atoms with Crippen LogP contribution in [0.2, 0.25) is 0 Å². The van der Waals surface area contributed by atoms with Gasteiger partial charge in [0.15, 0.2) is 0 Å². The number of nitrogens with zero attached hydrogens (tertiary/aromatic N) is 6. The van der Waals surface area contributed by atoms with E-state index in [2.05, 4.69) is 87.3 Å². The number of carbonyl (C=O) groups is 5. The summed E-state index contributed by atoms with van der Waals surface area (Å²) in [5.74, 6) is -2.43. The van der Waals surface area contributed by atoms with Crippen LogP contribution in [0.25, 0.3) is 22.0 Å². The highest BCUT2D eigenvalue weighted by Gasteiger charge is 2.45. The Bertz CT molecular complexity index is 2870. The zero-order valence-electron chi connectivity index (χ0n) is 40.7. The molecule has 4 saturated heterocycles. The number of fused-ring (bicyclic) bond motifs is 2. The molecular weight excluding hydrogens is 942 g/mol. The number of carbonyl (C=O) groups excluding carboxylic acids is 5. The Balaban J connectivity index is 0.703. The summed E-state index contributed by atoms with van der Waals surface area (Å²) < 4.78 is 45.2. The summed E-state index contributed by atoms with van der Waals surface area (Å²) in [6.45, 7) is 11.8. The van der Waals surface area contributed by atoms with E-state index in [4.69, 9.17) is 5.73 Å². The van der Waals surface area contributed by atoms with Crippen LogP contribution in [0.3, 0.4) is 0 Å². The van der Waals surface area contributed by atoms with Crippen LogP contribution >= 0.6 is 0 Å². The standard InChI is InChI=1S/C54H61F3N10O6/c55-54(56,57)73-41-10-7-39(8-11-41)45-35-66(21-1-18-60-52(72)53(58)16-19-59-20-17-53)46-13-6-38(30-43(45)46)34-63-24-22-62(23-25-63)32-36-2-4-37(5-3-36)33-64-26-28-65(29-27-64)40-9-12-42-44(31-40)51(71)67(50(42)70)47-14-15-48(68)61-49(47)69/h2-13,30-31,35,47,59H,1,14-29,32-34,58H2,(H,60,72)(H,61,68,69). The molecule has 0 saturated carbocycles. The highest BCUT2D eigenvalue weighted by atomic mass is 19.4. The molecule has 0 bridgehead atoms. The van der Waals surface area contributed by atoms with Crippen LogP contribution in [0.5, 0.6) is 5.75 Å². The highest BCUT2D eigenvalue weighted by Crippen LogP contribution is 2.35. The molecule has 10 rings (SSSR count). The second-order valence-corrected chi connectivity index (χ2v) is 20.0. The van der Waals surface area contributed by atoms with Crippen LogP contribution in [0, 0.1) is 0 Å². The molecule has 5 N–H and O–H groups in total. The first-order chi connectivity index (χ1) is 35.2. The highest BCUT2D eigenvalue weighted by molar-refractivity contribution is 6.23. The molecule has 5 aliphatic rings. The Labute approximate surface area is 421 Å². The van der Waals surface area contributed by atoms with Crippen molar-refractivity contribution in [3.8, 4) is 16.9 Å². The molecule has 6 heterocycles. The Hall–Kier alpha value is -6.64. The molecule has 1 unspecified atom stereocenters. The zero-order valence-corrected chi connectivity index (χ0v) is 40.7. The first-order valence-corrected chi connectivity index (χ1v) is 25.3. The summed E-state index contributed by atoms with van der Waals surface area (Å²) >= 11 is 0. The van der Waals surface area contributed by atoms with Crippen LogP contribution in [-0.2, 0) is 40.6 Å². The molecule has 0 aliphatic carbocycles. The van der Waals surface area contributed by atoms with Gasteiger partial charge in [0, 0.05) is 120 Å². The first-order valence-electron chi connectivity index (χ1n) is 25.3. The number of piperidine rings is 2. The normalized spacial score (nSPS) is 20.1. The lowest BCUT2D eigenvalue weighted by atomic mass is 9.88. The number of aromatic nitrogens is 1. The Morgan fingerprint density at radius 1 is 0.726 bits per heavy atom. The van der Waals surface area contributed by atoms with E-state index in [9.17, 15) is 37.1 Å². The lowest BCUT2D eigenvalue weighted by molar-refractivity contribution is -0.274. The number of nitrogens with two attached hydrogens (primary N) is 1. The number of ether oxygens (including phenoxy) is 1. The smallest absolute Gasteiger partial charge is 0.406 e. The SMILES string of the molecule is NC1(C(=O)NCCCn2cc(-c3ccc(OC(F)(F)F)cc3)c3cc(CN4CCN(Cc5ccc(CN6CCN(c7ccc8c(c7)C(=O)N(C7CCC(=O)NC7=O)C8=O)CC6)cc5)CC4)ccc32)CCNCC1. The number of alkyl halides is 3. The van der Waals surface area contributed by atoms with Crippen LogP contribution in [0.1, 0.15) is 69.5 Å². The summed E-state index contributed by atoms with van der Waals surface area (Å²) in [6, 6.07) is 25.6. The van der Waals surface area contributed by atoms with E-state index >= 15 is 0 Å². The fourth-order valence-corrected chi connectivity index (χ4v) is 10.9. The van der Waals surface area contributed by atoms with E-state index in [1.54, 1.807) is 24.3 Å². The van der Waals surface area contributed by atoms with Crippen molar-refractivity contribution in [3.05, 3.63) is 119 Å². The average molecular weight is 1000 g/mol. The summed E-state index contributed by atoms with van der Waals surface area (Å²) in [4.78, 5) is 74.2. The van der Waals surface area contributed by atoms with Crippen molar-refractivity contribution in [2.45, 2.75) is 76.2 Å². The minimum atomic E-state index is -4.78. The predicted octanol–water partition coefficient (Wildman–Crippen LogP) is 4.84. The van der Waals surface area contributed by atoms with Gasteiger partial charge in [0.25, 0.3) is 11.8 Å². The molecule has 1 aromatic heterocycles. The largest absolute Gasteiger partial charge is 0.573 e. The number of aryl methyl sites for hydroxylation is 1. The fourth-order valence-electron chi connectivity index (χ4n) is 10.9. The van der Waals surface area contributed by atoms with Crippen molar-refractivity contribution in [1.82, 2.24) is 40.1 Å². The van der Waals surface area contributed by atoms with Gasteiger partial charge in [-0.25, -0.2) is 0 Å². The van der Waals surface area contributed by atoms with Gasteiger partial charge in [-0.3, -0.25) is 48.9 Å². The molecule has 16 nitrogen and oxygen atoms in total. The van der Waals surface area contributed by atoms with Crippen molar-refractivity contribution >= 4 is 46.1 Å². The van der Waals surface area contributed by atoms with Gasteiger partial charge in [-0.05, 0) is 103 Å². The van der Waals surface area contributed by atoms with E-state index in [1.165, 1.54) is 23.3 Å². The van der Waals surface area contributed by atoms with Crippen LogP contribution in [-0.4, -0.2) is 144 Å². The minimum Gasteiger partial charge on any atom is -0.406 e. The molecule has 4 fully saturated rings. The van der Waals surface area contributed by atoms with E-state index in [0.717, 1.165) is 110 Å². The third kappa shape index (κ3) is 11.3. The van der Waals surface area contributed by atoms with Gasteiger partial charge in [-0.2, -0.15) is 0 Å². The monoisotopic (exact) mass is 1000 g/mol. The van der Waals surface area contributed by atoms with Gasteiger partial charge >= 0.3 is 6.36 Å².